The zero-order chi connectivity index (χ0) is 13.5. The minimum absolute atomic E-state index is 0. The second kappa shape index (κ2) is 8.95. The summed E-state index contributed by atoms with van der Waals surface area (Å²) in [6.45, 7) is 0.988. The summed E-state index contributed by atoms with van der Waals surface area (Å²) in [5.41, 5.74) is 1.98. The standard InChI is InChI=1S/C15H22N2O2.ClH/c1-16-10-15(18)17-13-8-6-12(7-9-13)11-19-14-4-2-3-5-14;/h6-9,14,16H,2-5,10-11H2,1H3,(H,17,18);1H. The average molecular weight is 299 g/mol. The van der Waals surface area contributed by atoms with Gasteiger partial charge < -0.3 is 15.4 Å². The van der Waals surface area contributed by atoms with Crippen molar-refractivity contribution in [2.75, 3.05) is 18.9 Å². The van der Waals surface area contributed by atoms with Crippen LogP contribution in [0.5, 0.6) is 0 Å². The lowest BCUT2D eigenvalue weighted by Crippen LogP contribution is -2.24. The van der Waals surface area contributed by atoms with Crippen LogP contribution in [0.15, 0.2) is 24.3 Å². The third-order valence-electron chi connectivity index (χ3n) is 3.36. The smallest absolute Gasteiger partial charge is 0.238 e. The normalized spacial score (nSPS) is 14.8. The summed E-state index contributed by atoms with van der Waals surface area (Å²) >= 11 is 0. The van der Waals surface area contributed by atoms with Crippen molar-refractivity contribution < 1.29 is 9.53 Å². The Morgan fingerprint density at radius 1 is 1.25 bits per heavy atom. The Morgan fingerprint density at radius 2 is 1.90 bits per heavy atom. The van der Waals surface area contributed by atoms with Gasteiger partial charge in [-0.3, -0.25) is 4.79 Å². The number of amides is 1. The highest BCUT2D eigenvalue weighted by Crippen LogP contribution is 2.22. The molecule has 0 aromatic heterocycles. The largest absolute Gasteiger partial charge is 0.374 e. The molecular weight excluding hydrogens is 276 g/mol. The van der Waals surface area contributed by atoms with Gasteiger partial charge in [0.25, 0.3) is 0 Å². The number of carbonyl (C=O) groups excluding carboxylic acids is 1. The van der Waals surface area contributed by atoms with Crippen LogP contribution in [0.25, 0.3) is 0 Å². The molecular formula is C15H23ClN2O2. The predicted molar refractivity (Wildman–Crippen MR) is 83.3 cm³/mol. The zero-order valence-electron chi connectivity index (χ0n) is 11.9. The summed E-state index contributed by atoms with van der Waals surface area (Å²) in [6.07, 6.45) is 5.41. The van der Waals surface area contributed by atoms with Crippen LogP contribution in [0.2, 0.25) is 0 Å². The van der Waals surface area contributed by atoms with Crippen LogP contribution in [0.4, 0.5) is 5.69 Å². The topological polar surface area (TPSA) is 50.4 Å². The number of hydrogen-bond acceptors (Lipinski definition) is 3. The molecule has 1 aromatic rings. The van der Waals surface area contributed by atoms with Crippen LogP contribution in [0.1, 0.15) is 31.2 Å². The maximum Gasteiger partial charge on any atom is 0.238 e. The number of anilines is 1. The Hall–Kier alpha value is -1.10. The predicted octanol–water partition coefficient (Wildman–Crippen LogP) is 2.73. The fourth-order valence-electron chi connectivity index (χ4n) is 2.32. The van der Waals surface area contributed by atoms with Crippen molar-refractivity contribution in [3.05, 3.63) is 29.8 Å². The first kappa shape index (κ1) is 17.0. The monoisotopic (exact) mass is 298 g/mol. The molecule has 112 valence electrons. The van der Waals surface area contributed by atoms with E-state index < -0.39 is 0 Å². The molecule has 2 rings (SSSR count). The van der Waals surface area contributed by atoms with Gasteiger partial charge in [0, 0.05) is 5.69 Å². The fraction of sp³-hybridized carbons (Fsp3) is 0.533. The number of ether oxygens (including phenoxy) is 1. The molecule has 4 nitrogen and oxygen atoms in total. The van der Waals surface area contributed by atoms with E-state index in [1.54, 1.807) is 7.05 Å². The molecule has 1 saturated carbocycles. The Kier molecular flexibility index (Phi) is 7.59. The molecule has 1 amide bonds. The second-order valence-corrected chi connectivity index (χ2v) is 4.99. The van der Waals surface area contributed by atoms with Crippen molar-refractivity contribution in [3.8, 4) is 0 Å². The minimum atomic E-state index is -0.0301. The molecule has 0 radical (unpaired) electrons. The van der Waals surface area contributed by atoms with E-state index >= 15 is 0 Å². The number of rotatable bonds is 6. The molecule has 0 aliphatic heterocycles. The van der Waals surface area contributed by atoms with Crippen LogP contribution in [-0.4, -0.2) is 25.6 Å². The lowest BCUT2D eigenvalue weighted by atomic mass is 10.2. The Labute approximate surface area is 126 Å². The first-order chi connectivity index (χ1) is 9.28. The molecule has 1 aliphatic carbocycles. The van der Waals surface area contributed by atoms with Gasteiger partial charge in [0.05, 0.1) is 19.3 Å². The maximum atomic E-state index is 11.4. The van der Waals surface area contributed by atoms with Gasteiger partial charge >= 0.3 is 0 Å². The first-order valence-corrected chi connectivity index (χ1v) is 6.93. The highest BCUT2D eigenvalue weighted by Gasteiger charge is 2.14. The van der Waals surface area contributed by atoms with E-state index in [1.165, 1.54) is 25.7 Å². The number of likely N-dealkylation sites (N-methyl/N-ethyl adjacent to an activating group) is 1. The van der Waals surface area contributed by atoms with E-state index in [-0.39, 0.29) is 18.3 Å². The minimum Gasteiger partial charge on any atom is -0.374 e. The molecule has 0 atom stereocenters. The first-order valence-electron chi connectivity index (χ1n) is 6.93. The molecule has 0 spiro atoms. The van der Waals surface area contributed by atoms with E-state index in [0.717, 1.165) is 11.3 Å². The lowest BCUT2D eigenvalue weighted by Gasteiger charge is -2.11. The van der Waals surface area contributed by atoms with E-state index in [4.69, 9.17) is 4.74 Å². The lowest BCUT2D eigenvalue weighted by molar-refractivity contribution is -0.115. The third kappa shape index (κ3) is 5.49. The van der Waals surface area contributed by atoms with Crippen molar-refractivity contribution >= 4 is 24.0 Å². The average Bonchev–Trinajstić information content (AvgIpc) is 2.91. The molecule has 0 unspecified atom stereocenters. The molecule has 0 heterocycles. The zero-order valence-corrected chi connectivity index (χ0v) is 12.7. The van der Waals surface area contributed by atoms with Crippen LogP contribution in [-0.2, 0) is 16.1 Å². The maximum absolute atomic E-state index is 11.4. The summed E-state index contributed by atoms with van der Waals surface area (Å²) < 4.78 is 5.85. The van der Waals surface area contributed by atoms with Crippen molar-refractivity contribution in [2.45, 2.75) is 38.4 Å². The number of halogens is 1. The van der Waals surface area contributed by atoms with Crippen molar-refractivity contribution in [1.82, 2.24) is 5.32 Å². The van der Waals surface area contributed by atoms with E-state index in [2.05, 4.69) is 10.6 Å². The molecule has 1 fully saturated rings. The van der Waals surface area contributed by atoms with Gasteiger partial charge in [0.15, 0.2) is 0 Å². The van der Waals surface area contributed by atoms with Crippen LogP contribution in [0, 0.1) is 0 Å². The summed E-state index contributed by atoms with van der Waals surface area (Å²) in [6, 6.07) is 7.84. The van der Waals surface area contributed by atoms with Crippen molar-refractivity contribution in [1.29, 1.82) is 0 Å². The summed E-state index contributed by atoms with van der Waals surface area (Å²) in [5.74, 6) is -0.0301. The third-order valence-corrected chi connectivity index (χ3v) is 3.36. The van der Waals surface area contributed by atoms with Crippen molar-refractivity contribution in [3.63, 3.8) is 0 Å². The van der Waals surface area contributed by atoms with Crippen LogP contribution >= 0.6 is 12.4 Å². The highest BCUT2D eigenvalue weighted by atomic mass is 35.5. The van der Waals surface area contributed by atoms with Gasteiger partial charge in [-0.2, -0.15) is 0 Å². The summed E-state index contributed by atoms with van der Waals surface area (Å²) in [4.78, 5) is 11.4. The Balaban J connectivity index is 0.00000200. The van der Waals surface area contributed by atoms with Gasteiger partial charge in [-0.15, -0.1) is 12.4 Å². The molecule has 1 aromatic carbocycles. The number of carbonyl (C=O) groups is 1. The van der Waals surface area contributed by atoms with Crippen molar-refractivity contribution in [2.24, 2.45) is 0 Å². The van der Waals surface area contributed by atoms with Gasteiger partial charge in [-0.1, -0.05) is 25.0 Å². The van der Waals surface area contributed by atoms with Gasteiger partial charge in [0.1, 0.15) is 0 Å². The molecule has 1 aliphatic rings. The van der Waals surface area contributed by atoms with E-state index in [1.807, 2.05) is 24.3 Å². The summed E-state index contributed by atoms with van der Waals surface area (Å²) in [7, 11) is 1.75. The number of benzene rings is 1. The molecule has 2 N–H and O–H groups in total. The quantitative estimate of drug-likeness (QED) is 0.849. The molecule has 0 saturated heterocycles. The van der Waals surface area contributed by atoms with Gasteiger partial charge in [-0.05, 0) is 37.6 Å². The van der Waals surface area contributed by atoms with Gasteiger partial charge in [-0.25, -0.2) is 0 Å². The molecule has 20 heavy (non-hydrogen) atoms. The Morgan fingerprint density at radius 3 is 2.50 bits per heavy atom. The highest BCUT2D eigenvalue weighted by molar-refractivity contribution is 5.92. The number of nitrogens with one attached hydrogen (secondary N) is 2. The Bertz CT molecular complexity index is 403. The van der Waals surface area contributed by atoms with Crippen LogP contribution in [0.3, 0.4) is 0 Å². The fourth-order valence-corrected chi connectivity index (χ4v) is 2.32. The van der Waals surface area contributed by atoms with E-state index in [9.17, 15) is 4.79 Å². The van der Waals surface area contributed by atoms with Crippen LogP contribution < -0.4 is 10.6 Å². The molecule has 5 heteroatoms. The molecule has 0 bridgehead atoms. The second-order valence-electron chi connectivity index (χ2n) is 4.99. The SMILES string of the molecule is CNCC(=O)Nc1ccc(COC2CCCC2)cc1.Cl. The number of hydrogen-bond donors (Lipinski definition) is 2. The summed E-state index contributed by atoms with van der Waals surface area (Å²) in [5, 5.41) is 5.64. The van der Waals surface area contributed by atoms with Gasteiger partial charge in [0.2, 0.25) is 5.91 Å². The van der Waals surface area contributed by atoms with E-state index in [0.29, 0.717) is 19.3 Å².